The molecule has 0 radical (unpaired) electrons. The van der Waals surface area contributed by atoms with Crippen LogP contribution in [0.4, 0.5) is 0 Å². The standard InChI is InChI=1S/C9H14O4/c1-3-4-5-13-9(12)8(11)6-7(2)10/h3-6H2,1-2H3. The van der Waals surface area contributed by atoms with Crippen molar-refractivity contribution in [2.75, 3.05) is 6.61 Å². The van der Waals surface area contributed by atoms with E-state index in [0.717, 1.165) is 12.8 Å². The quantitative estimate of drug-likeness (QED) is 0.267. The number of esters is 1. The van der Waals surface area contributed by atoms with Gasteiger partial charge in [0.15, 0.2) is 0 Å². The van der Waals surface area contributed by atoms with Crippen LogP contribution in [0.25, 0.3) is 0 Å². The van der Waals surface area contributed by atoms with Gasteiger partial charge in [0, 0.05) is 0 Å². The molecule has 0 aromatic rings. The number of hydrogen-bond acceptors (Lipinski definition) is 4. The smallest absolute Gasteiger partial charge is 0.375 e. The molecule has 0 fully saturated rings. The Morgan fingerprint density at radius 2 is 1.85 bits per heavy atom. The monoisotopic (exact) mass is 186 g/mol. The topological polar surface area (TPSA) is 60.4 Å². The van der Waals surface area contributed by atoms with Gasteiger partial charge in [-0.2, -0.15) is 0 Å². The molecule has 0 atom stereocenters. The number of ketones is 2. The minimum absolute atomic E-state index is 0.249. The van der Waals surface area contributed by atoms with Crippen molar-refractivity contribution in [2.24, 2.45) is 0 Å². The van der Waals surface area contributed by atoms with Crippen molar-refractivity contribution < 1.29 is 19.1 Å². The Labute approximate surface area is 77.3 Å². The second kappa shape index (κ2) is 6.34. The SMILES string of the molecule is CCCCOC(=O)C(=O)CC(C)=O. The van der Waals surface area contributed by atoms with Crippen LogP contribution in [-0.4, -0.2) is 24.1 Å². The molecule has 0 aliphatic carbocycles. The predicted molar refractivity (Wildman–Crippen MR) is 46.2 cm³/mol. The average molecular weight is 186 g/mol. The molecule has 0 aromatic carbocycles. The number of carbonyl (C=O) groups excluding carboxylic acids is 3. The number of unbranched alkanes of at least 4 members (excludes halogenated alkanes) is 1. The third-order valence-electron chi connectivity index (χ3n) is 1.37. The lowest BCUT2D eigenvalue weighted by Crippen LogP contribution is -2.20. The normalized spacial score (nSPS) is 9.38. The third kappa shape index (κ3) is 6.02. The Kier molecular flexibility index (Phi) is 5.76. The number of carbonyl (C=O) groups is 3. The van der Waals surface area contributed by atoms with E-state index in [2.05, 4.69) is 4.74 Å². The summed E-state index contributed by atoms with van der Waals surface area (Å²) in [5.41, 5.74) is 0. The Morgan fingerprint density at radius 1 is 1.23 bits per heavy atom. The lowest BCUT2D eigenvalue weighted by Gasteiger charge is -2.00. The summed E-state index contributed by atoms with van der Waals surface area (Å²) < 4.78 is 4.60. The fraction of sp³-hybridized carbons (Fsp3) is 0.667. The maximum atomic E-state index is 10.9. The highest BCUT2D eigenvalue weighted by Crippen LogP contribution is 1.92. The van der Waals surface area contributed by atoms with Gasteiger partial charge in [0.2, 0.25) is 5.78 Å². The summed E-state index contributed by atoms with van der Waals surface area (Å²) in [6.45, 7) is 3.46. The zero-order valence-electron chi connectivity index (χ0n) is 7.96. The second-order valence-corrected chi connectivity index (χ2v) is 2.79. The molecule has 13 heavy (non-hydrogen) atoms. The molecular formula is C9H14O4. The highest BCUT2D eigenvalue weighted by molar-refractivity contribution is 6.36. The zero-order valence-corrected chi connectivity index (χ0v) is 7.96. The van der Waals surface area contributed by atoms with Crippen LogP contribution in [0.2, 0.25) is 0 Å². The number of rotatable bonds is 6. The van der Waals surface area contributed by atoms with E-state index < -0.39 is 11.8 Å². The average Bonchev–Trinajstić information content (AvgIpc) is 2.03. The van der Waals surface area contributed by atoms with Crippen LogP contribution in [0.15, 0.2) is 0 Å². The van der Waals surface area contributed by atoms with Gasteiger partial charge < -0.3 is 4.74 Å². The Morgan fingerprint density at radius 3 is 2.31 bits per heavy atom. The van der Waals surface area contributed by atoms with Crippen molar-refractivity contribution in [2.45, 2.75) is 33.1 Å². The lowest BCUT2D eigenvalue weighted by atomic mass is 10.2. The van der Waals surface area contributed by atoms with Crippen LogP contribution < -0.4 is 0 Å². The molecule has 0 unspecified atom stereocenters. The molecule has 0 saturated heterocycles. The van der Waals surface area contributed by atoms with Gasteiger partial charge in [-0.25, -0.2) is 4.79 Å². The molecule has 0 saturated carbocycles. The van der Waals surface area contributed by atoms with Crippen molar-refractivity contribution in [1.82, 2.24) is 0 Å². The molecule has 0 aliphatic heterocycles. The van der Waals surface area contributed by atoms with E-state index in [0.29, 0.717) is 0 Å². The first kappa shape index (κ1) is 11.8. The molecule has 0 bridgehead atoms. The van der Waals surface area contributed by atoms with Crippen LogP contribution >= 0.6 is 0 Å². The van der Waals surface area contributed by atoms with Crippen molar-refractivity contribution in [1.29, 1.82) is 0 Å². The summed E-state index contributed by atoms with van der Waals surface area (Å²) in [7, 11) is 0. The van der Waals surface area contributed by atoms with Gasteiger partial charge in [-0.05, 0) is 13.3 Å². The van der Waals surface area contributed by atoms with Gasteiger partial charge in [-0.15, -0.1) is 0 Å². The molecule has 0 rings (SSSR count). The van der Waals surface area contributed by atoms with E-state index in [1.54, 1.807) is 0 Å². The first-order valence-electron chi connectivity index (χ1n) is 4.27. The van der Waals surface area contributed by atoms with Crippen LogP contribution in [0.5, 0.6) is 0 Å². The fourth-order valence-corrected chi connectivity index (χ4v) is 0.688. The van der Waals surface area contributed by atoms with Gasteiger partial charge in [0.25, 0.3) is 0 Å². The molecule has 74 valence electrons. The molecule has 0 heterocycles. The van der Waals surface area contributed by atoms with Gasteiger partial charge in [0.05, 0.1) is 13.0 Å². The second-order valence-electron chi connectivity index (χ2n) is 2.79. The molecule has 0 aliphatic rings. The summed E-state index contributed by atoms with van der Waals surface area (Å²) >= 11 is 0. The van der Waals surface area contributed by atoms with Crippen LogP contribution in [0.1, 0.15) is 33.1 Å². The molecule has 4 heteroatoms. The minimum Gasteiger partial charge on any atom is -0.460 e. The molecular weight excluding hydrogens is 172 g/mol. The van der Waals surface area contributed by atoms with Gasteiger partial charge in [-0.1, -0.05) is 13.3 Å². The van der Waals surface area contributed by atoms with E-state index in [-0.39, 0.29) is 18.8 Å². The van der Waals surface area contributed by atoms with Crippen molar-refractivity contribution in [3.05, 3.63) is 0 Å². The van der Waals surface area contributed by atoms with E-state index in [1.165, 1.54) is 6.92 Å². The number of Topliss-reactive ketones (excluding diaryl/α,β-unsaturated/α-hetero) is 2. The molecule has 0 spiro atoms. The Bertz CT molecular complexity index is 208. The number of hydrogen-bond donors (Lipinski definition) is 0. The van der Waals surface area contributed by atoms with E-state index >= 15 is 0 Å². The summed E-state index contributed by atoms with van der Waals surface area (Å²) in [6.07, 6.45) is 1.28. The summed E-state index contributed by atoms with van der Waals surface area (Å²) in [5.74, 6) is -1.98. The Hall–Kier alpha value is -1.19. The lowest BCUT2D eigenvalue weighted by molar-refractivity contribution is -0.154. The third-order valence-corrected chi connectivity index (χ3v) is 1.37. The first-order chi connectivity index (χ1) is 6.07. The largest absolute Gasteiger partial charge is 0.460 e. The summed E-state index contributed by atoms with van der Waals surface area (Å²) in [4.78, 5) is 32.1. The highest BCUT2D eigenvalue weighted by Gasteiger charge is 2.16. The van der Waals surface area contributed by atoms with Gasteiger partial charge >= 0.3 is 5.97 Å². The first-order valence-corrected chi connectivity index (χ1v) is 4.27. The van der Waals surface area contributed by atoms with E-state index in [4.69, 9.17) is 0 Å². The molecule has 0 aromatic heterocycles. The Balaban J connectivity index is 3.70. The van der Waals surface area contributed by atoms with Crippen molar-refractivity contribution in [3.8, 4) is 0 Å². The zero-order chi connectivity index (χ0) is 10.3. The number of ether oxygens (including phenoxy) is 1. The van der Waals surface area contributed by atoms with E-state index in [1.807, 2.05) is 6.92 Å². The predicted octanol–water partition coefficient (Wildman–Crippen LogP) is 0.878. The fourth-order valence-electron chi connectivity index (χ4n) is 0.688. The summed E-state index contributed by atoms with van der Waals surface area (Å²) in [5, 5.41) is 0. The molecule has 0 N–H and O–H groups in total. The van der Waals surface area contributed by atoms with Crippen LogP contribution in [0.3, 0.4) is 0 Å². The highest BCUT2D eigenvalue weighted by atomic mass is 16.5. The molecule has 4 nitrogen and oxygen atoms in total. The maximum Gasteiger partial charge on any atom is 0.375 e. The van der Waals surface area contributed by atoms with Crippen molar-refractivity contribution >= 4 is 17.5 Å². The van der Waals surface area contributed by atoms with Gasteiger partial charge in [-0.3, -0.25) is 9.59 Å². The van der Waals surface area contributed by atoms with Crippen LogP contribution in [-0.2, 0) is 19.1 Å². The minimum atomic E-state index is -0.899. The summed E-state index contributed by atoms with van der Waals surface area (Å²) in [6, 6.07) is 0. The van der Waals surface area contributed by atoms with E-state index in [9.17, 15) is 14.4 Å². The molecule has 0 amide bonds. The van der Waals surface area contributed by atoms with Crippen LogP contribution in [0, 0.1) is 0 Å². The van der Waals surface area contributed by atoms with Gasteiger partial charge in [0.1, 0.15) is 5.78 Å². The maximum absolute atomic E-state index is 10.9. The van der Waals surface area contributed by atoms with Crippen molar-refractivity contribution in [3.63, 3.8) is 0 Å².